The molecule has 158 valence electrons. The first-order chi connectivity index (χ1) is 14.5. The molecule has 1 unspecified atom stereocenters. The van der Waals surface area contributed by atoms with Crippen LogP contribution in [0.15, 0.2) is 59.6 Å². The summed E-state index contributed by atoms with van der Waals surface area (Å²) in [6.07, 6.45) is 4.30. The molecular weight excluding hydrogens is 398 g/mol. The number of aromatic nitrogens is 1. The van der Waals surface area contributed by atoms with E-state index in [2.05, 4.69) is 34.6 Å². The quantitative estimate of drug-likeness (QED) is 0.360. The van der Waals surface area contributed by atoms with Crippen LogP contribution in [0.2, 0.25) is 0 Å². The van der Waals surface area contributed by atoms with E-state index in [-0.39, 0.29) is 12.5 Å². The maximum Gasteiger partial charge on any atom is 0.328 e. The zero-order valence-electron chi connectivity index (χ0n) is 17.5. The van der Waals surface area contributed by atoms with Crippen LogP contribution in [0.4, 0.5) is 0 Å². The van der Waals surface area contributed by atoms with E-state index in [0.29, 0.717) is 6.42 Å². The van der Waals surface area contributed by atoms with Crippen LogP contribution in [0.25, 0.3) is 10.9 Å². The monoisotopic (exact) mass is 426 g/mol. The van der Waals surface area contributed by atoms with E-state index in [1.54, 1.807) is 11.8 Å². The fraction of sp³-hybridized carbons (Fsp3) is 0.304. The van der Waals surface area contributed by atoms with Crippen molar-refractivity contribution in [2.24, 2.45) is 0 Å². The summed E-state index contributed by atoms with van der Waals surface area (Å²) >= 11 is 1.70. The van der Waals surface area contributed by atoms with Crippen molar-refractivity contribution in [1.29, 1.82) is 0 Å². The van der Waals surface area contributed by atoms with Crippen LogP contribution >= 0.6 is 11.8 Å². The second kappa shape index (κ2) is 10.3. The Morgan fingerprint density at radius 1 is 1.17 bits per heavy atom. The highest BCUT2D eigenvalue weighted by Gasteiger charge is 2.24. The number of para-hydroxylation sites is 1. The van der Waals surface area contributed by atoms with Gasteiger partial charge in [0.15, 0.2) is 6.54 Å². The normalized spacial score (nSPS) is 13.0. The molecule has 1 heterocycles. The summed E-state index contributed by atoms with van der Waals surface area (Å²) in [5, 5.41) is 3.89. The molecule has 1 amide bonds. The van der Waals surface area contributed by atoms with Crippen molar-refractivity contribution in [3.63, 3.8) is 0 Å². The molecule has 0 fully saturated rings. The first-order valence-electron chi connectivity index (χ1n) is 9.86. The molecular formula is C23H28N3O3S+. The molecule has 3 N–H and O–H groups in total. The summed E-state index contributed by atoms with van der Waals surface area (Å²) in [7, 11) is 3.31. The molecule has 0 bridgehead atoms. The number of H-pyrrole nitrogens is 1. The van der Waals surface area contributed by atoms with Crippen molar-refractivity contribution in [1.82, 2.24) is 10.3 Å². The lowest BCUT2D eigenvalue weighted by atomic mass is 10.0. The topological polar surface area (TPSA) is 75.6 Å². The fourth-order valence-corrected chi connectivity index (χ4v) is 3.94. The van der Waals surface area contributed by atoms with Gasteiger partial charge in [-0.15, -0.1) is 11.8 Å². The number of methoxy groups -OCH3 is 1. The van der Waals surface area contributed by atoms with Gasteiger partial charge >= 0.3 is 5.97 Å². The fourth-order valence-electron chi connectivity index (χ4n) is 3.53. The van der Waals surface area contributed by atoms with Crippen LogP contribution in [-0.4, -0.2) is 49.9 Å². The number of carbonyl (C=O) groups excluding carboxylic acids is 2. The largest absolute Gasteiger partial charge is 0.467 e. The molecule has 3 rings (SSSR count). The maximum atomic E-state index is 12.6. The molecule has 0 aliphatic rings. The second-order valence-electron chi connectivity index (χ2n) is 7.37. The van der Waals surface area contributed by atoms with Crippen LogP contribution in [0, 0.1) is 0 Å². The molecule has 0 spiro atoms. The van der Waals surface area contributed by atoms with Crippen molar-refractivity contribution in [2.75, 3.05) is 27.0 Å². The minimum Gasteiger partial charge on any atom is -0.467 e. The number of esters is 1. The van der Waals surface area contributed by atoms with Gasteiger partial charge in [-0.1, -0.05) is 30.3 Å². The van der Waals surface area contributed by atoms with Crippen LogP contribution in [0.3, 0.4) is 0 Å². The number of ether oxygens (including phenoxy) is 1. The average Bonchev–Trinajstić information content (AvgIpc) is 3.16. The van der Waals surface area contributed by atoms with Crippen LogP contribution < -0.4 is 10.2 Å². The zero-order valence-corrected chi connectivity index (χ0v) is 18.3. The maximum absolute atomic E-state index is 12.6. The predicted molar refractivity (Wildman–Crippen MR) is 120 cm³/mol. The highest BCUT2D eigenvalue weighted by atomic mass is 32.2. The molecule has 3 aromatic rings. The number of benzene rings is 2. The lowest BCUT2D eigenvalue weighted by Gasteiger charge is -2.18. The van der Waals surface area contributed by atoms with Gasteiger partial charge in [-0.3, -0.25) is 4.79 Å². The minimum absolute atomic E-state index is 0.177. The highest BCUT2D eigenvalue weighted by molar-refractivity contribution is 7.98. The third kappa shape index (κ3) is 5.64. The summed E-state index contributed by atoms with van der Waals surface area (Å²) < 4.78 is 4.92. The van der Waals surface area contributed by atoms with E-state index in [1.807, 2.05) is 43.8 Å². The number of aromatic amines is 1. The molecule has 0 aliphatic heterocycles. The van der Waals surface area contributed by atoms with Gasteiger partial charge in [0.05, 0.1) is 14.2 Å². The van der Waals surface area contributed by atoms with Crippen molar-refractivity contribution in [2.45, 2.75) is 23.9 Å². The van der Waals surface area contributed by atoms with Crippen LogP contribution in [0.5, 0.6) is 0 Å². The Labute approximate surface area is 181 Å². The predicted octanol–water partition coefficient (Wildman–Crippen LogP) is 1.81. The highest BCUT2D eigenvalue weighted by Crippen LogP contribution is 2.19. The van der Waals surface area contributed by atoms with E-state index < -0.39 is 12.0 Å². The summed E-state index contributed by atoms with van der Waals surface area (Å²) in [6.45, 7) is 0.999. The van der Waals surface area contributed by atoms with Gasteiger partial charge in [-0.2, -0.15) is 0 Å². The van der Waals surface area contributed by atoms with E-state index in [1.165, 1.54) is 17.6 Å². The average molecular weight is 427 g/mol. The third-order valence-electron chi connectivity index (χ3n) is 5.05. The smallest absolute Gasteiger partial charge is 0.328 e. The molecule has 7 heteroatoms. The van der Waals surface area contributed by atoms with Crippen molar-refractivity contribution in [3.05, 3.63) is 65.9 Å². The molecule has 0 saturated heterocycles. The first kappa shape index (κ1) is 21.9. The summed E-state index contributed by atoms with van der Waals surface area (Å²) in [4.78, 5) is 30.4. The number of hydrogen-bond acceptors (Lipinski definition) is 4. The Kier molecular flexibility index (Phi) is 7.54. The molecule has 0 saturated carbocycles. The minimum atomic E-state index is -0.727. The molecule has 2 aromatic carbocycles. The Morgan fingerprint density at radius 2 is 1.90 bits per heavy atom. The Bertz CT molecular complexity index is 1000. The number of fused-ring (bicyclic) bond motifs is 1. The van der Waals surface area contributed by atoms with Crippen molar-refractivity contribution < 1.29 is 19.2 Å². The summed E-state index contributed by atoms with van der Waals surface area (Å²) in [5.74, 6) is -0.623. The molecule has 0 aliphatic carbocycles. The van der Waals surface area contributed by atoms with Crippen molar-refractivity contribution >= 4 is 34.5 Å². The third-order valence-corrected chi connectivity index (χ3v) is 5.79. The second-order valence-corrected chi connectivity index (χ2v) is 8.25. The number of thioether (sulfide) groups is 1. The van der Waals surface area contributed by atoms with E-state index in [0.717, 1.165) is 27.9 Å². The molecule has 1 aromatic heterocycles. The standard InChI is InChI=1S/C23H27N3O3S/c1-26(14-16-8-10-18(30-3)11-9-16)15-22(27)25-21(23(28)29-2)12-17-13-24-20-7-5-4-6-19(17)20/h4-11,13,21,24H,12,14-15H2,1-3H3,(H,25,27)/p+1/t21-/m1/s1. The van der Waals surface area contributed by atoms with Gasteiger partial charge in [0, 0.05) is 34.0 Å². The van der Waals surface area contributed by atoms with Gasteiger partial charge < -0.3 is 19.9 Å². The number of rotatable bonds is 9. The van der Waals surface area contributed by atoms with Crippen molar-refractivity contribution in [3.8, 4) is 0 Å². The molecule has 0 radical (unpaired) electrons. The van der Waals surface area contributed by atoms with Gasteiger partial charge in [-0.05, 0) is 30.0 Å². The Balaban J connectivity index is 1.61. The molecule has 30 heavy (non-hydrogen) atoms. The van der Waals surface area contributed by atoms with Gasteiger partial charge in [-0.25, -0.2) is 4.79 Å². The van der Waals surface area contributed by atoms with Gasteiger partial charge in [0.2, 0.25) is 0 Å². The lowest BCUT2D eigenvalue weighted by Crippen LogP contribution is -3.09. The Hall–Kier alpha value is -2.77. The molecule has 2 atom stereocenters. The van der Waals surface area contributed by atoms with Gasteiger partial charge in [0.25, 0.3) is 5.91 Å². The summed E-state index contributed by atoms with van der Waals surface area (Å²) in [5.41, 5.74) is 3.14. The number of hydrogen-bond donors (Lipinski definition) is 3. The molecule has 6 nitrogen and oxygen atoms in total. The number of carbonyl (C=O) groups is 2. The number of amides is 1. The first-order valence-corrected chi connectivity index (χ1v) is 11.1. The van der Waals surface area contributed by atoms with Gasteiger partial charge in [0.1, 0.15) is 12.6 Å². The number of likely N-dealkylation sites (N-methyl/N-ethyl adjacent to an activating group) is 1. The SMILES string of the molecule is COC(=O)[C@@H](Cc1c[nH]c2ccccc12)NC(=O)C[NH+](C)Cc1ccc(SC)cc1. The zero-order chi connectivity index (χ0) is 21.5. The number of nitrogens with one attached hydrogen (secondary N) is 3. The van der Waals surface area contributed by atoms with E-state index >= 15 is 0 Å². The van der Waals surface area contributed by atoms with Crippen LogP contribution in [-0.2, 0) is 27.3 Å². The Morgan fingerprint density at radius 3 is 2.60 bits per heavy atom. The number of quaternary nitrogens is 1. The van der Waals surface area contributed by atoms with E-state index in [4.69, 9.17) is 4.74 Å². The summed E-state index contributed by atoms with van der Waals surface area (Å²) in [6, 6.07) is 15.5. The van der Waals surface area contributed by atoms with E-state index in [9.17, 15) is 9.59 Å². The lowest BCUT2D eigenvalue weighted by molar-refractivity contribution is -0.885. The van der Waals surface area contributed by atoms with Crippen LogP contribution in [0.1, 0.15) is 11.1 Å².